The van der Waals surface area contributed by atoms with Gasteiger partial charge in [-0.2, -0.15) is 0 Å². The molecule has 0 atom stereocenters. The Morgan fingerprint density at radius 3 is 2.67 bits per heavy atom. The molecule has 5 heteroatoms. The van der Waals surface area contributed by atoms with Crippen molar-refractivity contribution in [1.29, 1.82) is 0 Å². The van der Waals surface area contributed by atoms with Gasteiger partial charge < -0.3 is 15.4 Å². The predicted molar refractivity (Wildman–Crippen MR) is 77.3 cm³/mol. The summed E-state index contributed by atoms with van der Waals surface area (Å²) in [5.74, 6) is 0.735. The number of thiocarbonyl (C=S) groups is 1. The summed E-state index contributed by atoms with van der Waals surface area (Å²) in [5.41, 5.74) is 1.97. The topological polar surface area (TPSA) is 50.4 Å². The molecule has 0 radical (unpaired) electrons. The van der Waals surface area contributed by atoms with Crippen LogP contribution >= 0.6 is 12.2 Å². The highest BCUT2D eigenvalue weighted by Crippen LogP contribution is 2.25. The van der Waals surface area contributed by atoms with Gasteiger partial charge in [-0.1, -0.05) is 18.3 Å². The number of benzene rings is 1. The van der Waals surface area contributed by atoms with E-state index in [1.807, 2.05) is 25.1 Å². The second-order valence-electron chi connectivity index (χ2n) is 3.95. The van der Waals surface area contributed by atoms with Gasteiger partial charge in [-0.15, -0.1) is 0 Å². The third-order valence-corrected chi connectivity index (χ3v) is 2.46. The van der Waals surface area contributed by atoms with Crippen LogP contribution in [-0.4, -0.2) is 24.6 Å². The molecule has 0 aromatic heterocycles. The fourth-order valence-electron chi connectivity index (χ4n) is 1.58. The van der Waals surface area contributed by atoms with Crippen molar-refractivity contribution in [2.45, 2.75) is 20.3 Å². The highest BCUT2D eigenvalue weighted by atomic mass is 32.1. The minimum atomic E-state index is -0.0170. The van der Waals surface area contributed by atoms with Gasteiger partial charge in [0.1, 0.15) is 5.75 Å². The Kier molecular flexibility index (Phi) is 5.58. The third kappa shape index (κ3) is 4.71. The van der Waals surface area contributed by atoms with Crippen molar-refractivity contribution in [2.24, 2.45) is 0 Å². The van der Waals surface area contributed by atoms with E-state index in [0.29, 0.717) is 11.5 Å². The van der Waals surface area contributed by atoms with Crippen molar-refractivity contribution in [2.75, 3.05) is 19.0 Å². The molecule has 1 amide bonds. The van der Waals surface area contributed by atoms with Gasteiger partial charge in [-0.05, 0) is 31.0 Å². The fraction of sp³-hybridized carbons (Fsp3) is 0.385. The van der Waals surface area contributed by atoms with Crippen LogP contribution in [0.5, 0.6) is 5.75 Å². The molecular weight excluding hydrogens is 248 g/mol. The summed E-state index contributed by atoms with van der Waals surface area (Å²) in [4.78, 5) is 11.5. The van der Waals surface area contributed by atoms with Gasteiger partial charge >= 0.3 is 0 Å². The Labute approximate surface area is 113 Å². The fourth-order valence-corrected chi connectivity index (χ4v) is 1.69. The standard InChI is InChI=1S/C13H18N2O2S/c1-9(16)14-7-6-11-4-5-13(17-3)12(8-11)15-10(2)18/h4-5,8H,6-7H2,1-3H3,(H,14,16)(H,15,18). The Hall–Kier alpha value is -1.62. The smallest absolute Gasteiger partial charge is 0.216 e. The monoisotopic (exact) mass is 266 g/mol. The molecule has 1 aromatic rings. The Morgan fingerprint density at radius 1 is 1.39 bits per heavy atom. The van der Waals surface area contributed by atoms with Crippen LogP contribution in [0.3, 0.4) is 0 Å². The van der Waals surface area contributed by atoms with Crippen LogP contribution in [0.4, 0.5) is 5.69 Å². The number of nitrogens with one attached hydrogen (secondary N) is 2. The second kappa shape index (κ2) is 6.96. The maximum Gasteiger partial charge on any atom is 0.216 e. The Bertz CT molecular complexity index is 447. The van der Waals surface area contributed by atoms with E-state index in [9.17, 15) is 4.79 Å². The van der Waals surface area contributed by atoms with Crippen LogP contribution in [0.1, 0.15) is 19.4 Å². The van der Waals surface area contributed by atoms with Crippen molar-refractivity contribution >= 4 is 28.8 Å². The molecule has 0 aliphatic rings. The molecule has 0 bridgehead atoms. The number of carbonyl (C=O) groups is 1. The SMILES string of the molecule is COc1ccc(CCNC(C)=O)cc1NC(C)=S. The first-order chi connectivity index (χ1) is 8.52. The first kappa shape index (κ1) is 14.4. The lowest BCUT2D eigenvalue weighted by atomic mass is 10.1. The van der Waals surface area contributed by atoms with Crippen LogP contribution in [0.25, 0.3) is 0 Å². The molecule has 0 aliphatic carbocycles. The second-order valence-corrected chi connectivity index (χ2v) is 4.56. The third-order valence-electron chi connectivity index (χ3n) is 2.36. The maximum atomic E-state index is 10.8. The van der Waals surface area contributed by atoms with Crippen molar-refractivity contribution < 1.29 is 9.53 Å². The Morgan fingerprint density at radius 2 is 2.11 bits per heavy atom. The number of carbonyl (C=O) groups excluding carboxylic acids is 1. The molecule has 0 aliphatic heterocycles. The number of amides is 1. The van der Waals surface area contributed by atoms with Crippen molar-refractivity contribution in [1.82, 2.24) is 5.32 Å². The first-order valence-electron chi connectivity index (χ1n) is 5.72. The van der Waals surface area contributed by atoms with Crippen LogP contribution in [-0.2, 0) is 11.2 Å². The average Bonchev–Trinajstić information content (AvgIpc) is 2.28. The molecule has 0 unspecified atom stereocenters. The summed E-state index contributed by atoms with van der Waals surface area (Å²) >= 11 is 5.03. The molecule has 18 heavy (non-hydrogen) atoms. The normalized spacial score (nSPS) is 9.72. The zero-order chi connectivity index (χ0) is 13.5. The zero-order valence-corrected chi connectivity index (χ0v) is 11.7. The lowest BCUT2D eigenvalue weighted by molar-refractivity contribution is -0.118. The summed E-state index contributed by atoms with van der Waals surface area (Å²) in [6.07, 6.45) is 0.773. The van der Waals surface area contributed by atoms with E-state index in [-0.39, 0.29) is 5.91 Å². The molecule has 4 nitrogen and oxygen atoms in total. The summed E-state index contributed by atoms with van der Waals surface area (Å²) in [5, 5.41) is 5.85. The molecule has 0 saturated heterocycles. The molecule has 0 heterocycles. The molecule has 0 fully saturated rings. The maximum absolute atomic E-state index is 10.8. The summed E-state index contributed by atoms with van der Waals surface area (Å²) in [6, 6.07) is 5.85. The number of rotatable bonds is 5. The predicted octanol–water partition coefficient (Wildman–Crippen LogP) is 2.13. The van der Waals surface area contributed by atoms with Crippen LogP contribution in [0.15, 0.2) is 18.2 Å². The van der Waals surface area contributed by atoms with Crippen molar-refractivity contribution in [3.05, 3.63) is 23.8 Å². The van der Waals surface area contributed by atoms with Gasteiger partial charge in [0.25, 0.3) is 0 Å². The molecule has 1 aromatic carbocycles. The number of anilines is 1. The minimum absolute atomic E-state index is 0.0170. The first-order valence-corrected chi connectivity index (χ1v) is 6.12. The number of methoxy groups -OCH3 is 1. The number of hydrogen-bond donors (Lipinski definition) is 2. The summed E-state index contributed by atoms with van der Waals surface area (Å²) < 4.78 is 5.25. The lowest BCUT2D eigenvalue weighted by Crippen LogP contribution is -2.22. The van der Waals surface area contributed by atoms with Gasteiger partial charge in [0.15, 0.2) is 0 Å². The Balaban J connectivity index is 2.75. The van der Waals surface area contributed by atoms with E-state index in [0.717, 1.165) is 23.4 Å². The zero-order valence-electron chi connectivity index (χ0n) is 10.9. The van der Waals surface area contributed by atoms with Gasteiger partial charge in [0.2, 0.25) is 5.91 Å². The highest BCUT2D eigenvalue weighted by molar-refractivity contribution is 7.80. The largest absolute Gasteiger partial charge is 0.495 e. The average molecular weight is 266 g/mol. The van der Waals surface area contributed by atoms with Gasteiger partial charge in [-0.3, -0.25) is 4.79 Å². The van der Waals surface area contributed by atoms with Crippen LogP contribution < -0.4 is 15.4 Å². The molecular formula is C13H18N2O2S. The van der Waals surface area contributed by atoms with Crippen LogP contribution in [0, 0.1) is 0 Å². The molecule has 0 saturated carbocycles. The van der Waals surface area contributed by atoms with Crippen molar-refractivity contribution in [3.8, 4) is 5.75 Å². The highest BCUT2D eigenvalue weighted by Gasteiger charge is 2.05. The number of hydrogen-bond acceptors (Lipinski definition) is 3. The summed E-state index contributed by atoms with van der Waals surface area (Å²) in [7, 11) is 1.62. The molecule has 98 valence electrons. The van der Waals surface area contributed by atoms with E-state index in [4.69, 9.17) is 17.0 Å². The van der Waals surface area contributed by atoms with Gasteiger partial charge in [-0.25, -0.2) is 0 Å². The van der Waals surface area contributed by atoms with Gasteiger partial charge in [0.05, 0.1) is 17.8 Å². The molecule has 0 spiro atoms. The molecule has 2 N–H and O–H groups in total. The minimum Gasteiger partial charge on any atom is -0.495 e. The van der Waals surface area contributed by atoms with E-state index < -0.39 is 0 Å². The van der Waals surface area contributed by atoms with Gasteiger partial charge in [0, 0.05) is 13.5 Å². The lowest BCUT2D eigenvalue weighted by Gasteiger charge is -2.12. The van der Waals surface area contributed by atoms with Crippen LogP contribution in [0.2, 0.25) is 0 Å². The molecule has 1 rings (SSSR count). The number of ether oxygens (including phenoxy) is 1. The van der Waals surface area contributed by atoms with E-state index in [2.05, 4.69) is 10.6 Å². The summed E-state index contributed by atoms with van der Waals surface area (Å²) in [6.45, 7) is 3.95. The van der Waals surface area contributed by atoms with E-state index >= 15 is 0 Å². The quantitative estimate of drug-likeness (QED) is 0.802. The van der Waals surface area contributed by atoms with E-state index in [1.165, 1.54) is 6.92 Å². The van der Waals surface area contributed by atoms with E-state index in [1.54, 1.807) is 7.11 Å². The van der Waals surface area contributed by atoms with Crippen molar-refractivity contribution in [3.63, 3.8) is 0 Å².